The fourth-order valence-electron chi connectivity index (χ4n) is 0. The van der Waals surface area contributed by atoms with E-state index in [4.69, 9.17) is 10.5 Å². The van der Waals surface area contributed by atoms with Crippen molar-refractivity contribution in [2.24, 2.45) is 0 Å². The molecule has 0 aliphatic heterocycles. The number of rotatable bonds is 0. The molecule has 0 atom stereocenters. The van der Waals surface area contributed by atoms with Gasteiger partial charge >= 0.3 is 0 Å². The Labute approximate surface area is 44.5 Å². The molecule has 0 saturated heterocycles. The second kappa shape index (κ2) is 38.9. The summed E-state index contributed by atoms with van der Waals surface area (Å²) in [6.07, 6.45) is 0. The summed E-state index contributed by atoms with van der Waals surface area (Å²) in [5, 5.41) is 12.0. The van der Waals surface area contributed by atoms with Crippen molar-refractivity contribution in [2.75, 3.05) is 0 Å². The van der Waals surface area contributed by atoms with E-state index < -0.39 is 0 Å². The Bertz CT molecular complexity index is 4.00. The molecule has 2 nitrogen and oxygen atoms in total. The van der Waals surface area contributed by atoms with Gasteiger partial charge in [-0.25, -0.2) is 0 Å². The molecule has 0 amide bonds. The summed E-state index contributed by atoms with van der Waals surface area (Å²) in [6, 6.07) is 0. The molecule has 0 spiro atoms. The van der Waals surface area contributed by atoms with Crippen molar-refractivity contribution in [3.05, 3.63) is 0 Å². The van der Waals surface area contributed by atoms with Crippen LogP contribution in [0.4, 0.5) is 0 Å². The Morgan fingerprint density at radius 1 is 0.750 bits per heavy atom. The molecule has 4 heteroatoms. The largest absolute Gasteiger partial charge is 0.255 e. The van der Waals surface area contributed by atoms with Crippen molar-refractivity contribution in [3.63, 3.8) is 0 Å². The van der Waals surface area contributed by atoms with Crippen molar-refractivity contribution in [1.29, 1.82) is 0 Å². The van der Waals surface area contributed by atoms with Crippen molar-refractivity contribution in [2.45, 2.75) is 0 Å². The van der Waals surface area contributed by atoms with Crippen LogP contribution in [0.15, 0.2) is 0 Å². The van der Waals surface area contributed by atoms with E-state index in [0.29, 0.717) is 0 Å². The first-order chi connectivity index (χ1) is 1.00. The van der Waals surface area contributed by atoms with E-state index >= 15 is 0 Å². The summed E-state index contributed by atoms with van der Waals surface area (Å²) in [5.41, 5.74) is 0. The molecule has 0 fully saturated rings. The molecule has 0 aromatic carbocycles. The summed E-state index contributed by atoms with van der Waals surface area (Å²) in [6.45, 7) is 0. The zero-order valence-electron chi connectivity index (χ0n) is 1.56. The topological polar surface area (TPSA) is 40.5 Å². The Hall–Kier alpha value is 0.933. The maximum atomic E-state index is 6.00. The number of hydrogen-bond donors (Lipinski definition) is 2. The van der Waals surface area contributed by atoms with Gasteiger partial charge in [0.2, 0.25) is 0 Å². The molecule has 0 bridgehead atoms. The monoisotopic (exact) mass is 152 g/mol. The van der Waals surface area contributed by atoms with Crippen molar-refractivity contribution in [3.8, 4) is 0 Å². The normalized spacial score (nSPS) is 1.50. The maximum absolute atomic E-state index is 6.00. The van der Waals surface area contributed by atoms with Crippen LogP contribution in [-0.2, 0) is 33.6 Å². The summed E-state index contributed by atoms with van der Waals surface area (Å²) in [4.78, 5) is 0. The minimum atomic E-state index is 0. The SMILES string of the molecule is OO.[Co].[Co]. The molecule has 0 unspecified atom stereocenters. The van der Waals surface area contributed by atoms with Gasteiger partial charge in [0.1, 0.15) is 0 Å². The van der Waals surface area contributed by atoms with E-state index in [1.165, 1.54) is 0 Å². The van der Waals surface area contributed by atoms with Crippen LogP contribution in [0, 0.1) is 0 Å². The third kappa shape index (κ3) is 12.6. The van der Waals surface area contributed by atoms with Gasteiger partial charge in [0, 0.05) is 33.6 Å². The summed E-state index contributed by atoms with van der Waals surface area (Å²) < 4.78 is 0. The smallest absolute Gasteiger partial charge is 0 e. The van der Waals surface area contributed by atoms with Crippen LogP contribution in [-0.4, -0.2) is 10.5 Å². The third-order valence-corrected chi connectivity index (χ3v) is 0. The first kappa shape index (κ1) is 20.4. The molecule has 2 N–H and O–H groups in total. The second-order valence-electron chi connectivity index (χ2n) is 0. The van der Waals surface area contributed by atoms with Gasteiger partial charge in [0.15, 0.2) is 0 Å². The molecule has 0 saturated carbocycles. The summed E-state index contributed by atoms with van der Waals surface area (Å²) in [5.74, 6) is 0. The fraction of sp³-hybridized carbons (Fsp3) is 0. The Balaban J connectivity index is -0.00000000500. The minimum Gasteiger partial charge on any atom is -0.255 e. The Kier molecular flexibility index (Phi) is 198. The van der Waals surface area contributed by atoms with Gasteiger partial charge in [0.05, 0.1) is 0 Å². The molecule has 32 valence electrons. The number of hydrogen-bond acceptors (Lipinski definition) is 2. The van der Waals surface area contributed by atoms with Gasteiger partial charge in [-0.15, -0.1) is 0 Å². The first-order valence-electron chi connectivity index (χ1n) is 0.200. The zero-order chi connectivity index (χ0) is 2.00. The Morgan fingerprint density at radius 3 is 0.750 bits per heavy atom. The molecular weight excluding hydrogens is 150 g/mol. The van der Waals surface area contributed by atoms with E-state index in [1.54, 1.807) is 0 Å². The van der Waals surface area contributed by atoms with Crippen LogP contribution in [0.5, 0.6) is 0 Å². The molecule has 0 aromatic rings. The van der Waals surface area contributed by atoms with Crippen molar-refractivity contribution < 1.29 is 44.1 Å². The van der Waals surface area contributed by atoms with Gasteiger partial charge < -0.3 is 0 Å². The van der Waals surface area contributed by atoms with Crippen LogP contribution in [0.3, 0.4) is 0 Å². The van der Waals surface area contributed by atoms with E-state index in [2.05, 4.69) is 0 Å². The minimum absolute atomic E-state index is 0. The van der Waals surface area contributed by atoms with Gasteiger partial charge in [-0.3, -0.25) is 10.5 Å². The third-order valence-electron chi connectivity index (χ3n) is 0. The van der Waals surface area contributed by atoms with Gasteiger partial charge in [-0.1, -0.05) is 0 Å². The summed E-state index contributed by atoms with van der Waals surface area (Å²) in [7, 11) is 0. The zero-order valence-corrected chi connectivity index (χ0v) is 3.64. The van der Waals surface area contributed by atoms with Crippen molar-refractivity contribution in [1.82, 2.24) is 0 Å². The van der Waals surface area contributed by atoms with Crippen LogP contribution >= 0.6 is 0 Å². The Morgan fingerprint density at radius 2 is 0.750 bits per heavy atom. The molecular formula is H2Co2O2. The average Bonchev–Trinajstić information content (AvgIpc) is 1.00. The molecule has 4 heavy (non-hydrogen) atoms. The average molecular weight is 152 g/mol. The van der Waals surface area contributed by atoms with Crippen LogP contribution in [0.25, 0.3) is 0 Å². The van der Waals surface area contributed by atoms with Crippen LogP contribution in [0.1, 0.15) is 0 Å². The van der Waals surface area contributed by atoms with Crippen molar-refractivity contribution >= 4 is 0 Å². The predicted molar refractivity (Wildman–Crippen MR) is 5.26 cm³/mol. The van der Waals surface area contributed by atoms with Gasteiger partial charge in [-0.05, 0) is 0 Å². The fourth-order valence-corrected chi connectivity index (χ4v) is 0. The van der Waals surface area contributed by atoms with E-state index in [9.17, 15) is 0 Å². The van der Waals surface area contributed by atoms with E-state index in [0.717, 1.165) is 0 Å². The standard InChI is InChI=1S/2Co.H2O2/c;;1-2/h;;1-2H. The second-order valence-corrected chi connectivity index (χ2v) is 0. The molecule has 0 aliphatic carbocycles. The molecule has 0 rings (SSSR count). The predicted octanol–water partition coefficient (Wildman–Crippen LogP) is 0.0124. The van der Waals surface area contributed by atoms with Crippen LogP contribution < -0.4 is 0 Å². The van der Waals surface area contributed by atoms with Gasteiger partial charge in [-0.2, -0.15) is 0 Å². The van der Waals surface area contributed by atoms with Crippen LogP contribution in [0.2, 0.25) is 0 Å². The molecule has 2 radical (unpaired) electrons. The van der Waals surface area contributed by atoms with Gasteiger partial charge in [0.25, 0.3) is 0 Å². The molecule has 0 aromatic heterocycles. The van der Waals surface area contributed by atoms with E-state index in [-0.39, 0.29) is 33.6 Å². The first-order valence-corrected chi connectivity index (χ1v) is 0.200. The molecule has 0 heterocycles. The molecule has 0 aliphatic rings. The van der Waals surface area contributed by atoms with E-state index in [1.807, 2.05) is 0 Å². The maximum Gasteiger partial charge on any atom is 0 e. The quantitative estimate of drug-likeness (QED) is 0.379. The summed E-state index contributed by atoms with van der Waals surface area (Å²) >= 11 is 0.